The number of nitrogens with zero attached hydrogens (tertiary/aromatic N) is 5. The van der Waals surface area contributed by atoms with Crippen LogP contribution in [0, 0.1) is 30.0 Å². The second-order valence-electron chi connectivity index (χ2n) is 21.1. The topological polar surface area (TPSA) is 107 Å². The van der Waals surface area contributed by atoms with Crippen molar-refractivity contribution >= 4 is 47.6 Å². The number of likely N-dealkylation sites (tertiary alicyclic amines) is 1. The number of halogens is 2. The first kappa shape index (κ1) is 47.9. The third kappa shape index (κ3) is 9.24. The summed E-state index contributed by atoms with van der Waals surface area (Å²) in [4.78, 5) is 42.4. The van der Waals surface area contributed by atoms with Crippen molar-refractivity contribution in [1.29, 1.82) is 0 Å². The number of benzene rings is 2. The monoisotopic (exact) mass is 911 g/mol. The maximum absolute atomic E-state index is 18.2. The van der Waals surface area contributed by atoms with Crippen molar-refractivity contribution < 1.29 is 37.3 Å². The maximum atomic E-state index is 18.2. The molecule has 5 heterocycles. The van der Waals surface area contributed by atoms with Gasteiger partial charge in [-0.3, -0.25) is 9.88 Å². The van der Waals surface area contributed by atoms with Crippen LogP contribution in [0.15, 0.2) is 30.5 Å². The molecule has 14 heteroatoms. The number of ether oxygens (including phenoxy) is 4. The number of aromatic nitrogens is 2. The number of carbonyl (C=O) groups excluding carboxylic acids is 2. The predicted molar refractivity (Wildman–Crippen MR) is 255 cm³/mol. The van der Waals surface area contributed by atoms with E-state index in [2.05, 4.69) is 57.9 Å². The summed E-state index contributed by atoms with van der Waals surface area (Å²) in [5.41, 5.74) is 5.16. The highest BCUT2D eigenvalue weighted by Crippen LogP contribution is 2.45. The van der Waals surface area contributed by atoms with Crippen molar-refractivity contribution in [2.45, 2.75) is 149 Å². The zero-order valence-electron chi connectivity index (χ0n) is 40.7. The fourth-order valence-electron chi connectivity index (χ4n) is 10.6. The predicted octanol–water partition coefficient (Wildman–Crippen LogP) is 11.5. The molecule has 3 aliphatic rings. The average Bonchev–Trinajstić information content (AvgIpc) is 3.45. The van der Waals surface area contributed by atoms with Crippen molar-refractivity contribution in [2.24, 2.45) is 0 Å². The highest BCUT2D eigenvalue weighted by atomic mass is 28.3. The van der Waals surface area contributed by atoms with Gasteiger partial charge in [0.25, 0.3) is 0 Å². The van der Waals surface area contributed by atoms with E-state index in [9.17, 15) is 9.59 Å². The van der Waals surface area contributed by atoms with E-state index in [1.165, 1.54) is 13.2 Å². The quantitative estimate of drug-likeness (QED) is 0.0922. The molecule has 3 saturated heterocycles. The van der Waals surface area contributed by atoms with E-state index in [1.54, 1.807) is 29.3 Å². The van der Waals surface area contributed by atoms with Crippen LogP contribution in [-0.4, -0.2) is 103 Å². The minimum atomic E-state index is -2.32. The van der Waals surface area contributed by atoms with E-state index in [1.807, 2.05) is 53.4 Å². The van der Waals surface area contributed by atoms with Gasteiger partial charge in [-0.25, -0.2) is 23.4 Å². The Hall–Kier alpha value is -5.00. The Morgan fingerprint density at radius 3 is 2.03 bits per heavy atom. The van der Waals surface area contributed by atoms with Crippen molar-refractivity contribution in [3.63, 3.8) is 0 Å². The van der Waals surface area contributed by atoms with Crippen LogP contribution in [-0.2, 0) is 14.2 Å². The second-order valence-corrected chi connectivity index (χ2v) is 26.7. The molecule has 3 fully saturated rings. The summed E-state index contributed by atoms with van der Waals surface area (Å²) in [6.45, 7) is 27.8. The molecule has 2 amide bonds. The molecule has 2 atom stereocenters. The molecule has 11 nitrogen and oxygen atoms in total. The Bertz CT molecular complexity index is 2520. The van der Waals surface area contributed by atoms with Gasteiger partial charge in [0.15, 0.2) is 12.6 Å². The van der Waals surface area contributed by atoms with Crippen molar-refractivity contribution in [3.8, 4) is 28.5 Å². The SMILES string of the molecule is COCOc1cc(-c2ncc3c(N4CC5CCC(C4)N5C(=O)OC(C)(C)C)nc(C4CN(C(=O)OC(C)(C)C)C4)c(C)c3c2F)c2c(C#C[Si](C(C)C)(C(C)C)C(C)C)c(F)ccc2c1. The standard InChI is InChI=1S/C51H67F2N5O6Si/c1-29(2)65(30(3)4,31(5)6)20-19-38-41(52)18-15-33-21-37(62-28-61-14)22-39(43(33)38)46-44(53)42-32(7)45(34-24-57(25-34)48(59)63-50(8,9)10)55-47(40(42)23-54-46)56-26-35-16-17-36(27-56)58(35)49(60)64-51(11,12)13/h15,18,21-23,29-31,34-36H,16-17,24-28H2,1-14H3. The number of carbonyl (C=O) groups is 2. The van der Waals surface area contributed by atoms with Crippen molar-refractivity contribution in [3.05, 3.63) is 58.9 Å². The van der Waals surface area contributed by atoms with Crippen LogP contribution in [0.25, 0.3) is 32.8 Å². The molecular weight excluding hydrogens is 845 g/mol. The van der Waals surface area contributed by atoms with E-state index in [0.717, 1.165) is 12.8 Å². The number of amides is 2. The molecule has 0 saturated carbocycles. The Morgan fingerprint density at radius 2 is 1.46 bits per heavy atom. The van der Waals surface area contributed by atoms with Crippen LogP contribution in [0.4, 0.5) is 24.2 Å². The number of pyridine rings is 2. The number of aryl methyl sites for hydroxylation is 1. The van der Waals surface area contributed by atoms with Gasteiger partial charge < -0.3 is 28.7 Å². The summed E-state index contributed by atoms with van der Waals surface area (Å²) < 4.78 is 57.4. The van der Waals surface area contributed by atoms with Crippen LogP contribution in [0.1, 0.15) is 119 Å². The zero-order chi connectivity index (χ0) is 47.5. The number of hydrogen-bond donors (Lipinski definition) is 0. The molecule has 2 aromatic carbocycles. The van der Waals surface area contributed by atoms with E-state index in [4.69, 9.17) is 28.9 Å². The Morgan fingerprint density at radius 1 is 0.862 bits per heavy atom. The summed E-state index contributed by atoms with van der Waals surface area (Å²) in [5.74, 6) is 3.04. The molecule has 4 aromatic rings. The van der Waals surface area contributed by atoms with Gasteiger partial charge >= 0.3 is 12.2 Å². The van der Waals surface area contributed by atoms with Crippen LogP contribution in [0.3, 0.4) is 0 Å². The average molecular weight is 912 g/mol. The van der Waals surface area contributed by atoms with Gasteiger partial charge in [0.2, 0.25) is 0 Å². The molecule has 0 N–H and O–H groups in total. The van der Waals surface area contributed by atoms with Gasteiger partial charge in [0, 0.05) is 67.1 Å². The number of anilines is 1. The first-order chi connectivity index (χ1) is 30.4. The van der Waals surface area contributed by atoms with Gasteiger partial charge in [-0.2, -0.15) is 0 Å². The minimum Gasteiger partial charge on any atom is -0.468 e. The summed E-state index contributed by atoms with van der Waals surface area (Å²) in [6.07, 6.45) is 2.51. The van der Waals surface area contributed by atoms with E-state index >= 15 is 8.78 Å². The van der Waals surface area contributed by atoms with Crippen LogP contribution >= 0.6 is 0 Å². The molecule has 65 heavy (non-hydrogen) atoms. The molecule has 2 unspecified atom stereocenters. The highest BCUT2D eigenvalue weighted by molar-refractivity contribution is 6.90. The van der Waals surface area contributed by atoms with Crippen molar-refractivity contribution in [1.82, 2.24) is 19.8 Å². The summed E-state index contributed by atoms with van der Waals surface area (Å²) in [5, 5.41) is 1.92. The van der Waals surface area contributed by atoms with Gasteiger partial charge in [-0.1, -0.05) is 53.5 Å². The highest BCUT2D eigenvalue weighted by Gasteiger charge is 2.46. The molecule has 0 aliphatic carbocycles. The lowest BCUT2D eigenvalue weighted by Gasteiger charge is -2.43. The summed E-state index contributed by atoms with van der Waals surface area (Å²) in [6, 6.07) is 6.30. The molecule has 350 valence electrons. The fourth-order valence-corrected chi connectivity index (χ4v) is 15.8. The van der Waals surface area contributed by atoms with Gasteiger partial charge in [-0.05, 0) is 107 Å². The Labute approximate surface area is 384 Å². The van der Waals surface area contributed by atoms with E-state index in [-0.39, 0.29) is 42.1 Å². The van der Waals surface area contributed by atoms with Gasteiger partial charge in [0.1, 0.15) is 42.4 Å². The van der Waals surface area contributed by atoms with Crippen LogP contribution in [0.5, 0.6) is 5.75 Å². The number of piperazine rings is 1. The van der Waals surface area contributed by atoms with Gasteiger partial charge in [0.05, 0.1) is 23.3 Å². The Kier molecular flexibility index (Phi) is 13.3. The molecule has 0 radical (unpaired) electrons. The maximum Gasteiger partial charge on any atom is 0.410 e. The molecule has 0 spiro atoms. The number of rotatable bonds is 9. The first-order valence-electron chi connectivity index (χ1n) is 23.1. The lowest BCUT2D eigenvalue weighted by Crippen LogP contribution is -2.57. The summed E-state index contributed by atoms with van der Waals surface area (Å²) >= 11 is 0. The fraction of sp³-hybridized carbons (Fsp3) is 0.569. The van der Waals surface area contributed by atoms with E-state index < -0.39 is 37.0 Å². The lowest BCUT2D eigenvalue weighted by molar-refractivity contribution is 0.00747. The smallest absolute Gasteiger partial charge is 0.410 e. The summed E-state index contributed by atoms with van der Waals surface area (Å²) in [7, 11) is -0.800. The second kappa shape index (κ2) is 18.0. The molecule has 3 aliphatic heterocycles. The Balaban J connectivity index is 1.42. The largest absolute Gasteiger partial charge is 0.468 e. The number of hydrogen-bond acceptors (Lipinski definition) is 9. The molecule has 2 bridgehead atoms. The molecule has 2 aromatic heterocycles. The minimum absolute atomic E-state index is 0.0177. The van der Waals surface area contributed by atoms with Crippen molar-refractivity contribution in [2.75, 3.05) is 45.0 Å². The van der Waals surface area contributed by atoms with Crippen LogP contribution in [0.2, 0.25) is 16.6 Å². The zero-order valence-corrected chi connectivity index (χ0v) is 41.7. The number of fused-ring (bicyclic) bond motifs is 4. The lowest BCUT2D eigenvalue weighted by atomic mass is 9.90. The normalized spacial score (nSPS) is 18.2. The molecular formula is C51H67F2N5O6Si. The van der Waals surface area contributed by atoms with Gasteiger partial charge in [-0.15, -0.1) is 5.54 Å². The van der Waals surface area contributed by atoms with Crippen LogP contribution < -0.4 is 9.64 Å². The third-order valence-electron chi connectivity index (χ3n) is 13.5. The third-order valence-corrected chi connectivity index (χ3v) is 19.8. The first-order valence-corrected chi connectivity index (χ1v) is 25.3. The molecule has 7 rings (SSSR count). The number of methoxy groups -OCH3 is 1. The van der Waals surface area contributed by atoms with E-state index in [0.29, 0.717) is 92.7 Å².